The fourth-order valence-corrected chi connectivity index (χ4v) is 2.77. The van der Waals surface area contributed by atoms with Gasteiger partial charge >= 0.3 is 5.91 Å². The van der Waals surface area contributed by atoms with Gasteiger partial charge < -0.3 is 15.3 Å². The molecular formula is C21H25NO5. The van der Waals surface area contributed by atoms with Crippen LogP contribution in [-0.4, -0.2) is 27.9 Å². The zero-order chi connectivity index (χ0) is 20.1. The number of aliphatic hydroxyl groups is 1. The Labute approximate surface area is 158 Å². The van der Waals surface area contributed by atoms with Crippen LogP contribution in [0.2, 0.25) is 0 Å². The van der Waals surface area contributed by atoms with Gasteiger partial charge in [0.2, 0.25) is 0 Å². The number of benzene rings is 1. The molecule has 2 rings (SSSR count). The average molecular weight is 371 g/mol. The van der Waals surface area contributed by atoms with E-state index in [0.717, 1.165) is 12.0 Å². The van der Waals surface area contributed by atoms with E-state index >= 15 is 0 Å². The summed E-state index contributed by atoms with van der Waals surface area (Å²) in [5.41, 5.74) is 1.10. The molecule has 1 aromatic carbocycles. The number of nitrogens with one attached hydrogen (secondary N) is 1. The van der Waals surface area contributed by atoms with Gasteiger partial charge in [0, 0.05) is 5.57 Å². The number of rotatable bonds is 5. The number of hydrogen-bond acceptors (Lipinski definition) is 5. The molecule has 1 unspecified atom stereocenters. The van der Waals surface area contributed by atoms with Crippen LogP contribution in [-0.2, 0) is 4.79 Å². The van der Waals surface area contributed by atoms with Crippen LogP contribution in [0.5, 0.6) is 5.75 Å². The van der Waals surface area contributed by atoms with Gasteiger partial charge in [-0.05, 0) is 36.6 Å². The minimum atomic E-state index is -0.867. The average Bonchev–Trinajstić information content (AvgIpc) is 2.64. The van der Waals surface area contributed by atoms with Crippen molar-refractivity contribution in [2.24, 2.45) is 5.92 Å². The van der Waals surface area contributed by atoms with Gasteiger partial charge in [0.15, 0.2) is 0 Å². The molecule has 0 bridgehead atoms. The standard InChI is InChI=1S/C21H25NO5/c1-4-13(2)11-14(3)5-10-18(24)19-20(25)17(12-22(27)21(19)26)15-6-8-16(23)9-7-15/h5-11,13,23-25,27H,4,12H2,1-3H3/b10-5+,14-11+,19-18?/t13-/m1/s1. The van der Waals surface area contributed by atoms with Gasteiger partial charge in [-0.25, -0.2) is 10.0 Å². The first-order chi connectivity index (χ1) is 12.7. The van der Waals surface area contributed by atoms with E-state index in [1.54, 1.807) is 6.08 Å². The summed E-state index contributed by atoms with van der Waals surface area (Å²) in [6.45, 7) is 5.78. The molecule has 144 valence electrons. The Morgan fingerprint density at radius 1 is 1.30 bits per heavy atom. The molecule has 1 aromatic rings. The first-order valence-corrected chi connectivity index (χ1v) is 8.83. The van der Waals surface area contributed by atoms with Crippen molar-refractivity contribution >= 4 is 11.5 Å². The Hall–Kier alpha value is -2.83. The molecule has 1 aliphatic rings. The number of aromatic hydroxyl groups is 1. The van der Waals surface area contributed by atoms with Crippen LogP contribution in [0, 0.1) is 5.92 Å². The van der Waals surface area contributed by atoms with Crippen molar-refractivity contribution in [2.75, 3.05) is 6.54 Å². The van der Waals surface area contributed by atoms with E-state index in [1.165, 1.54) is 30.3 Å². The molecule has 0 aliphatic carbocycles. The molecule has 0 aromatic heterocycles. The van der Waals surface area contributed by atoms with Crippen molar-refractivity contribution in [3.63, 3.8) is 0 Å². The zero-order valence-electron chi connectivity index (χ0n) is 15.7. The minimum Gasteiger partial charge on any atom is -0.871 e. The highest BCUT2D eigenvalue weighted by Crippen LogP contribution is 2.25. The highest BCUT2D eigenvalue weighted by molar-refractivity contribution is 5.97. The lowest BCUT2D eigenvalue weighted by atomic mass is 9.96. The first-order valence-electron chi connectivity index (χ1n) is 8.83. The number of allylic oxidation sites excluding steroid dienone is 4. The Morgan fingerprint density at radius 2 is 1.93 bits per heavy atom. The molecule has 1 aliphatic heterocycles. The summed E-state index contributed by atoms with van der Waals surface area (Å²) in [5, 5.41) is 42.0. The lowest BCUT2D eigenvalue weighted by molar-refractivity contribution is -1.01. The quantitative estimate of drug-likeness (QED) is 0.273. The number of carbonyl (C=O) groups is 1. The molecule has 6 nitrogen and oxygen atoms in total. The number of phenols is 1. The summed E-state index contributed by atoms with van der Waals surface area (Å²) in [4.78, 5) is 12.2. The highest BCUT2D eigenvalue weighted by atomic mass is 16.5. The van der Waals surface area contributed by atoms with Gasteiger partial charge in [-0.1, -0.05) is 55.9 Å². The maximum absolute atomic E-state index is 12.8. The van der Waals surface area contributed by atoms with Gasteiger partial charge in [0.25, 0.3) is 0 Å². The summed E-state index contributed by atoms with van der Waals surface area (Å²) < 4.78 is 0. The number of carbonyl (C=O) groups excluding carboxylic acids is 1. The van der Waals surface area contributed by atoms with Crippen molar-refractivity contribution in [1.29, 1.82) is 0 Å². The van der Waals surface area contributed by atoms with Crippen LogP contribution in [0.4, 0.5) is 0 Å². The van der Waals surface area contributed by atoms with Gasteiger partial charge in [0.1, 0.15) is 23.6 Å². The molecule has 1 amide bonds. The molecular weight excluding hydrogens is 346 g/mol. The van der Waals surface area contributed by atoms with Crippen LogP contribution in [0.1, 0.15) is 32.8 Å². The van der Waals surface area contributed by atoms with Gasteiger partial charge in [-0.2, -0.15) is 0 Å². The van der Waals surface area contributed by atoms with Gasteiger partial charge in [-0.3, -0.25) is 0 Å². The Balaban J connectivity index is 2.46. The van der Waals surface area contributed by atoms with Crippen LogP contribution in [0.25, 0.3) is 5.57 Å². The van der Waals surface area contributed by atoms with Crippen LogP contribution in [0.3, 0.4) is 0 Å². The third kappa shape index (κ3) is 4.87. The van der Waals surface area contributed by atoms with E-state index in [9.17, 15) is 25.3 Å². The largest absolute Gasteiger partial charge is 0.871 e. The van der Waals surface area contributed by atoms with E-state index in [2.05, 4.69) is 13.8 Å². The molecule has 4 N–H and O–H groups in total. The number of aliphatic hydroxyl groups excluding tert-OH is 1. The van der Waals surface area contributed by atoms with E-state index in [4.69, 9.17) is 0 Å². The van der Waals surface area contributed by atoms with Crippen molar-refractivity contribution in [3.05, 3.63) is 70.7 Å². The second-order valence-electron chi connectivity index (χ2n) is 6.70. The van der Waals surface area contributed by atoms with Crippen molar-refractivity contribution in [1.82, 2.24) is 0 Å². The first kappa shape index (κ1) is 20.5. The number of amides is 1. The van der Waals surface area contributed by atoms with E-state index in [0.29, 0.717) is 11.5 Å². The van der Waals surface area contributed by atoms with E-state index in [-0.39, 0.29) is 17.9 Å². The molecule has 2 atom stereocenters. The lowest BCUT2D eigenvalue weighted by Crippen LogP contribution is -3.13. The molecule has 0 saturated heterocycles. The molecule has 0 radical (unpaired) electrons. The Kier molecular flexibility index (Phi) is 6.60. The monoisotopic (exact) mass is 371 g/mol. The molecule has 6 heteroatoms. The predicted molar refractivity (Wildman–Crippen MR) is 99.7 cm³/mol. The SMILES string of the molecule is CC[C@@H](C)/C=C(C)/C=C/C(O)=C1C(=O)[NH+](O)CC(c2ccc(O)cc2)=C1[O-]. The van der Waals surface area contributed by atoms with Crippen LogP contribution in [0.15, 0.2) is 65.2 Å². The number of hydrogen-bond donors (Lipinski definition) is 4. The topological polar surface area (TPSA) is 105 Å². The highest BCUT2D eigenvalue weighted by Gasteiger charge is 2.33. The van der Waals surface area contributed by atoms with E-state index in [1.807, 2.05) is 13.0 Å². The smallest absolute Gasteiger partial charge is 0.379 e. The lowest BCUT2D eigenvalue weighted by Gasteiger charge is -2.27. The molecule has 0 fully saturated rings. The second kappa shape index (κ2) is 8.70. The molecule has 1 heterocycles. The maximum Gasteiger partial charge on any atom is 0.379 e. The zero-order valence-corrected chi connectivity index (χ0v) is 15.7. The Bertz CT molecular complexity index is 831. The fraction of sp³-hybridized carbons (Fsp3) is 0.286. The minimum absolute atomic E-state index is 0.0389. The van der Waals surface area contributed by atoms with Crippen molar-refractivity contribution in [2.45, 2.75) is 27.2 Å². The van der Waals surface area contributed by atoms with Crippen LogP contribution >= 0.6 is 0 Å². The number of quaternary nitrogens is 1. The predicted octanol–water partition coefficient (Wildman–Crippen LogP) is 1.64. The second-order valence-corrected chi connectivity index (χ2v) is 6.70. The van der Waals surface area contributed by atoms with Gasteiger partial charge in [-0.15, -0.1) is 5.06 Å². The van der Waals surface area contributed by atoms with Crippen LogP contribution < -0.4 is 10.2 Å². The summed E-state index contributed by atoms with van der Waals surface area (Å²) >= 11 is 0. The summed E-state index contributed by atoms with van der Waals surface area (Å²) in [7, 11) is 0. The molecule has 0 spiro atoms. The third-order valence-electron chi connectivity index (χ3n) is 4.50. The summed E-state index contributed by atoms with van der Waals surface area (Å²) in [5.74, 6) is -1.57. The maximum atomic E-state index is 12.8. The number of phenolic OH excluding ortho intramolecular Hbond substituents is 1. The normalized spacial score (nSPS) is 21.7. The van der Waals surface area contributed by atoms with E-state index < -0.39 is 28.1 Å². The third-order valence-corrected chi connectivity index (χ3v) is 4.50. The summed E-state index contributed by atoms with van der Waals surface area (Å²) in [6, 6.07) is 5.87. The fourth-order valence-electron chi connectivity index (χ4n) is 2.77. The van der Waals surface area contributed by atoms with Crippen molar-refractivity contribution in [3.8, 4) is 5.75 Å². The molecule has 27 heavy (non-hydrogen) atoms. The Morgan fingerprint density at radius 3 is 2.52 bits per heavy atom. The number of hydroxylamine groups is 2. The summed E-state index contributed by atoms with van der Waals surface area (Å²) in [6.07, 6.45) is 5.92. The van der Waals surface area contributed by atoms with Gasteiger partial charge in [0.05, 0.1) is 0 Å². The van der Waals surface area contributed by atoms with Crippen molar-refractivity contribution < 1.29 is 30.4 Å². The molecule has 0 saturated carbocycles.